The van der Waals surface area contributed by atoms with Crippen LogP contribution >= 0.6 is 0 Å². The minimum absolute atomic E-state index is 0.0362. The van der Waals surface area contributed by atoms with Crippen molar-refractivity contribution in [2.45, 2.75) is 0 Å². The summed E-state index contributed by atoms with van der Waals surface area (Å²) in [7, 11) is 2.67. The Morgan fingerprint density at radius 1 is 1.05 bits per heavy atom. The van der Waals surface area contributed by atoms with Crippen LogP contribution in [-0.2, 0) is 0 Å². The number of ether oxygens (including phenoxy) is 2. The van der Waals surface area contributed by atoms with Crippen molar-refractivity contribution in [2.75, 3.05) is 14.2 Å². The van der Waals surface area contributed by atoms with E-state index in [1.807, 2.05) is 0 Å². The van der Waals surface area contributed by atoms with E-state index in [4.69, 9.17) is 9.47 Å². The van der Waals surface area contributed by atoms with Crippen LogP contribution in [0.2, 0.25) is 0 Å². The summed E-state index contributed by atoms with van der Waals surface area (Å²) in [5, 5.41) is 10.1. The van der Waals surface area contributed by atoms with E-state index in [0.717, 1.165) is 12.1 Å². The summed E-state index contributed by atoms with van der Waals surface area (Å²) in [6, 6.07) is 5.28. The Balaban J connectivity index is 2.53. The molecular formula is C15H12F2O4. The topological polar surface area (TPSA) is 55.8 Å². The van der Waals surface area contributed by atoms with Crippen molar-refractivity contribution in [3.63, 3.8) is 0 Å². The quantitative estimate of drug-likeness (QED) is 0.881. The maximum Gasteiger partial charge on any atom is 0.203 e. The molecule has 0 spiro atoms. The molecule has 0 aromatic heterocycles. The van der Waals surface area contributed by atoms with Gasteiger partial charge in [-0.2, -0.15) is 0 Å². The van der Waals surface area contributed by atoms with Crippen molar-refractivity contribution in [3.8, 4) is 17.2 Å². The minimum atomic E-state index is -1.01. The van der Waals surface area contributed by atoms with Gasteiger partial charge < -0.3 is 14.6 Å². The van der Waals surface area contributed by atoms with Gasteiger partial charge in [0.25, 0.3) is 0 Å². The summed E-state index contributed by atoms with van der Waals surface area (Å²) < 4.78 is 36.5. The Morgan fingerprint density at radius 3 is 2.29 bits per heavy atom. The molecule has 0 bridgehead atoms. The average Bonchev–Trinajstić information content (AvgIpc) is 2.46. The normalized spacial score (nSPS) is 10.3. The van der Waals surface area contributed by atoms with Crippen LogP contribution in [0.1, 0.15) is 15.9 Å². The maximum atomic E-state index is 13.6. The van der Waals surface area contributed by atoms with Crippen LogP contribution in [-0.4, -0.2) is 25.1 Å². The Morgan fingerprint density at radius 2 is 1.71 bits per heavy atom. The third-order valence-corrected chi connectivity index (χ3v) is 2.94. The molecule has 6 heteroatoms. The molecule has 0 saturated heterocycles. The Hall–Kier alpha value is -2.63. The highest BCUT2D eigenvalue weighted by atomic mass is 19.1. The number of hydrogen-bond donors (Lipinski definition) is 1. The van der Waals surface area contributed by atoms with Gasteiger partial charge in [-0.3, -0.25) is 4.79 Å². The molecule has 0 aliphatic carbocycles. The van der Waals surface area contributed by atoms with Gasteiger partial charge in [-0.25, -0.2) is 8.78 Å². The molecule has 0 atom stereocenters. The average molecular weight is 294 g/mol. The predicted octanol–water partition coefficient (Wildman–Crippen LogP) is 2.92. The first-order valence-electron chi connectivity index (χ1n) is 5.93. The molecule has 0 aliphatic rings. The standard InChI is InChI=1S/C15H12F2O4/c1-20-12-6-5-10(14(19)15(12)21-2)13(18)9-4-3-8(16)7-11(9)17/h3-7,19H,1-2H3. The zero-order valence-electron chi connectivity index (χ0n) is 11.3. The summed E-state index contributed by atoms with van der Waals surface area (Å²) in [5.74, 6) is -2.86. The van der Waals surface area contributed by atoms with Crippen LogP contribution in [0.3, 0.4) is 0 Å². The lowest BCUT2D eigenvalue weighted by atomic mass is 10.0. The molecule has 0 amide bonds. The molecule has 2 rings (SSSR count). The van der Waals surface area contributed by atoms with E-state index >= 15 is 0 Å². The van der Waals surface area contributed by atoms with Gasteiger partial charge in [-0.15, -0.1) is 0 Å². The molecule has 0 heterocycles. The van der Waals surface area contributed by atoms with Gasteiger partial charge in [0.05, 0.1) is 25.3 Å². The van der Waals surface area contributed by atoms with E-state index in [-0.39, 0.29) is 22.6 Å². The van der Waals surface area contributed by atoms with Crippen molar-refractivity contribution in [1.29, 1.82) is 0 Å². The highest BCUT2D eigenvalue weighted by Gasteiger charge is 2.22. The number of halogens is 2. The highest BCUT2D eigenvalue weighted by molar-refractivity contribution is 6.11. The molecule has 0 fully saturated rings. The van der Waals surface area contributed by atoms with Gasteiger partial charge in [0.1, 0.15) is 11.6 Å². The van der Waals surface area contributed by atoms with E-state index in [0.29, 0.717) is 6.07 Å². The van der Waals surface area contributed by atoms with Gasteiger partial charge in [-0.05, 0) is 24.3 Å². The number of ketones is 1. The number of hydrogen-bond acceptors (Lipinski definition) is 4. The summed E-state index contributed by atoms with van der Waals surface area (Å²) in [5.41, 5.74) is -0.517. The summed E-state index contributed by atoms with van der Waals surface area (Å²) in [6.07, 6.45) is 0. The molecule has 0 saturated carbocycles. The van der Waals surface area contributed by atoms with Crippen LogP contribution in [0.4, 0.5) is 8.78 Å². The molecule has 110 valence electrons. The third kappa shape index (κ3) is 2.65. The fourth-order valence-electron chi connectivity index (χ4n) is 1.91. The smallest absolute Gasteiger partial charge is 0.203 e. The van der Waals surface area contributed by atoms with Gasteiger partial charge in [0.2, 0.25) is 5.75 Å². The first-order valence-corrected chi connectivity index (χ1v) is 5.93. The Bertz CT molecular complexity index is 698. The number of benzene rings is 2. The van der Waals surface area contributed by atoms with Crippen molar-refractivity contribution in [1.82, 2.24) is 0 Å². The Labute approximate surface area is 119 Å². The lowest BCUT2D eigenvalue weighted by Gasteiger charge is -2.12. The van der Waals surface area contributed by atoms with E-state index in [2.05, 4.69) is 0 Å². The molecule has 2 aromatic carbocycles. The van der Waals surface area contributed by atoms with E-state index in [9.17, 15) is 18.7 Å². The number of methoxy groups -OCH3 is 2. The maximum absolute atomic E-state index is 13.6. The van der Waals surface area contributed by atoms with Crippen molar-refractivity contribution in [3.05, 3.63) is 53.1 Å². The number of carbonyl (C=O) groups excluding carboxylic acids is 1. The molecule has 0 radical (unpaired) electrons. The summed E-state index contributed by atoms with van der Waals surface area (Å²) in [4.78, 5) is 12.2. The highest BCUT2D eigenvalue weighted by Crippen LogP contribution is 2.39. The van der Waals surface area contributed by atoms with E-state index < -0.39 is 23.2 Å². The lowest BCUT2D eigenvalue weighted by Crippen LogP contribution is -2.06. The lowest BCUT2D eigenvalue weighted by molar-refractivity contribution is 0.103. The summed E-state index contributed by atoms with van der Waals surface area (Å²) >= 11 is 0. The minimum Gasteiger partial charge on any atom is -0.504 e. The second-order valence-corrected chi connectivity index (χ2v) is 4.15. The van der Waals surface area contributed by atoms with Crippen LogP contribution in [0, 0.1) is 11.6 Å². The number of rotatable bonds is 4. The molecule has 4 nitrogen and oxygen atoms in total. The van der Waals surface area contributed by atoms with Crippen molar-refractivity contribution >= 4 is 5.78 Å². The summed E-state index contributed by atoms with van der Waals surface area (Å²) in [6.45, 7) is 0. The van der Waals surface area contributed by atoms with Gasteiger partial charge in [-0.1, -0.05) is 0 Å². The van der Waals surface area contributed by atoms with Gasteiger partial charge in [0.15, 0.2) is 17.3 Å². The van der Waals surface area contributed by atoms with E-state index in [1.165, 1.54) is 26.4 Å². The Kier molecular flexibility index (Phi) is 4.07. The second-order valence-electron chi connectivity index (χ2n) is 4.15. The number of phenolic OH excluding ortho intramolecular Hbond substituents is 1. The molecule has 0 aliphatic heterocycles. The molecule has 21 heavy (non-hydrogen) atoms. The molecule has 1 N–H and O–H groups in total. The number of carbonyl (C=O) groups is 1. The predicted molar refractivity (Wildman–Crippen MR) is 71.0 cm³/mol. The van der Waals surface area contributed by atoms with Crippen molar-refractivity contribution < 1.29 is 28.2 Å². The first kappa shape index (κ1) is 14.8. The zero-order valence-corrected chi connectivity index (χ0v) is 11.3. The third-order valence-electron chi connectivity index (χ3n) is 2.94. The fraction of sp³-hybridized carbons (Fsp3) is 0.133. The van der Waals surface area contributed by atoms with E-state index in [1.54, 1.807) is 0 Å². The van der Waals surface area contributed by atoms with Crippen LogP contribution in [0.25, 0.3) is 0 Å². The number of aromatic hydroxyl groups is 1. The molecule has 2 aromatic rings. The zero-order chi connectivity index (χ0) is 15.6. The molecular weight excluding hydrogens is 282 g/mol. The van der Waals surface area contributed by atoms with Crippen LogP contribution in [0.15, 0.2) is 30.3 Å². The SMILES string of the molecule is COc1ccc(C(=O)c2ccc(F)cc2F)c(O)c1OC. The second kappa shape index (κ2) is 5.78. The van der Waals surface area contributed by atoms with Crippen molar-refractivity contribution in [2.24, 2.45) is 0 Å². The first-order chi connectivity index (χ1) is 9.99. The van der Waals surface area contributed by atoms with Crippen LogP contribution in [0.5, 0.6) is 17.2 Å². The largest absolute Gasteiger partial charge is 0.504 e. The van der Waals surface area contributed by atoms with Gasteiger partial charge >= 0.3 is 0 Å². The van der Waals surface area contributed by atoms with Gasteiger partial charge in [0, 0.05) is 6.07 Å². The monoisotopic (exact) mass is 294 g/mol. The molecule has 0 unspecified atom stereocenters. The number of phenols is 1. The fourth-order valence-corrected chi connectivity index (χ4v) is 1.91. The van der Waals surface area contributed by atoms with Crippen LogP contribution < -0.4 is 9.47 Å².